The predicted molar refractivity (Wildman–Crippen MR) is 66.7 cm³/mol. The Morgan fingerprint density at radius 2 is 1.56 bits per heavy atom. The van der Waals surface area contributed by atoms with E-state index in [4.69, 9.17) is 13.7 Å². The number of methoxy groups -OCH3 is 2. The highest BCUT2D eigenvalue weighted by atomic mass is 32.2. The van der Waals surface area contributed by atoms with Crippen LogP contribution in [0.1, 0.15) is 12.5 Å². The van der Waals surface area contributed by atoms with E-state index < -0.39 is 22.5 Å². The Morgan fingerprint density at radius 3 is 2.00 bits per heavy atom. The molecule has 1 unspecified atom stereocenters. The van der Waals surface area contributed by atoms with Crippen molar-refractivity contribution in [3.8, 4) is 0 Å². The molecule has 0 bridgehead atoms. The summed E-state index contributed by atoms with van der Waals surface area (Å²) in [5.74, 6) is 0. The van der Waals surface area contributed by atoms with Gasteiger partial charge in [0.15, 0.2) is 6.29 Å². The molecule has 0 heterocycles. The summed E-state index contributed by atoms with van der Waals surface area (Å²) in [7, 11) is -0.955. The maximum absolute atomic E-state index is 12.0. The largest absolute Gasteiger partial charge is 0.353 e. The minimum Gasteiger partial charge on any atom is -0.353 e. The third kappa shape index (κ3) is 3.78. The summed E-state index contributed by atoms with van der Waals surface area (Å²) in [6.45, 7) is 3.45. The van der Waals surface area contributed by atoms with Gasteiger partial charge in [0.25, 0.3) is 10.1 Å². The zero-order valence-electron chi connectivity index (χ0n) is 10.9. The van der Waals surface area contributed by atoms with E-state index in [1.165, 1.54) is 26.4 Å². The topological polar surface area (TPSA) is 61.8 Å². The van der Waals surface area contributed by atoms with E-state index in [2.05, 4.69) is 0 Å². The number of benzene rings is 1. The molecule has 1 rings (SSSR count). The van der Waals surface area contributed by atoms with E-state index >= 15 is 0 Å². The fourth-order valence-corrected chi connectivity index (χ4v) is 2.56. The fraction of sp³-hybridized carbons (Fsp3) is 0.500. The maximum Gasteiger partial charge on any atom is 0.297 e. The van der Waals surface area contributed by atoms with Gasteiger partial charge in [-0.15, -0.1) is 0 Å². The Hall–Kier alpha value is -0.950. The van der Waals surface area contributed by atoms with E-state index in [1.54, 1.807) is 19.1 Å². The molecule has 0 saturated heterocycles. The molecule has 1 atom stereocenters. The first-order valence-corrected chi connectivity index (χ1v) is 6.87. The molecule has 1 aromatic rings. The van der Waals surface area contributed by atoms with Crippen LogP contribution >= 0.6 is 0 Å². The van der Waals surface area contributed by atoms with Crippen molar-refractivity contribution in [2.24, 2.45) is 0 Å². The Labute approximate surface area is 108 Å². The highest BCUT2D eigenvalue weighted by molar-refractivity contribution is 7.86. The first-order valence-electron chi connectivity index (χ1n) is 5.46. The fourth-order valence-electron chi connectivity index (χ4n) is 1.49. The van der Waals surface area contributed by atoms with E-state index in [0.29, 0.717) is 0 Å². The smallest absolute Gasteiger partial charge is 0.297 e. The molecule has 18 heavy (non-hydrogen) atoms. The van der Waals surface area contributed by atoms with Crippen molar-refractivity contribution in [3.63, 3.8) is 0 Å². The molecule has 1 aromatic carbocycles. The molecule has 0 aliphatic heterocycles. The molecule has 5 nitrogen and oxygen atoms in total. The van der Waals surface area contributed by atoms with Gasteiger partial charge in [-0.1, -0.05) is 17.7 Å². The second kappa shape index (κ2) is 6.29. The lowest BCUT2D eigenvalue weighted by molar-refractivity contribution is -0.150. The van der Waals surface area contributed by atoms with Crippen molar-refractivity contribution >= 4 is 10.1 Å². The summed E-state index contributed by atoms with van der Waals surface area (Å²) >= 11 is 0. The number of rotatable bonds is 6. The van der Waals surface area contributed by atoms with Crippen molar-refractivity contribution < 1.29 is 22.1 Å². The zero-order valence-corrected chi connectivity index (χ0v) is 11.7. The van der Waals surface area contributed by atoms with Crippen LogP contribution in [0.25, 0.3) is 0 Å². The minimum absolute atomic E-state index is 0.117. The number of ether oxygens (including phenoxy) is 2. The average molecular weight is 274 g/mol. The van der Waals surface area contributed by atoms with Crippen LogP contribution in [0.2, 0.25) is 0 Å². The molecule has 0 radical (unpaired) electrons. The predicted octanol–water partition coefficient (Wildman–Crippen LogP) is 1.71. The Bertz CT molecular complexity index is 462. The van der Waals surface area contributed by atoms with Gasteiger partial charge in [0.05, 0.1) is 4.90 Å². The van der Waals surface area contributed by atoms with Gasteiger partial charge in [-0.25, -0.2) is 0 Å². The van der Waals surface area contributed by atoms with E-state index in [9.17, 15) is 8.42 Å². The third-order valence-electron chi connectivity index (χ3n) is 2.44. The van der Waals surface area contributed by atoms with Crippen molar-refractivity contribution in [2.75, 3.05) is 14.2 Å². The van der Waals surface area contributed by atoms with E-state index in [-0.39, 0.29) is 4.90 Å². The molecule has 102 valence electrons. The van der Waals surface area contributed by atoms with Gasteiger partial charge in [0.1, 0.15) is 6.10 Å². The normalized spacial score (nSPS) is 13.8. The van der Waals surface area contributed by atoms with Crippen LogP contribution in [-0.4, -0.2) is 35.0 Å². The van der Waals surface area contributed by atoms with Gasteiger partial charge < -0.3 is 9.47 Å². The molecular weight excluding hydrogens is 256 g/mol. The number of hydrogen-bond donors (Lipinski definition) is 0. The Morgan fingerprint density at radius 1 is 1.06 bits per heavy atom. The van der Waals surface area contributed by atoms with Gasteiger partial charge in [-0.2, -0.15) is 8.42 Å². The molecule has 0 aliphatic rings. The summed E-state index contributed by atoms with van der Waals surface area (Å²) in [5.41, 5.74) is 0.980. The van der Waals surface area contributed by atoms with Crippen molar-refractivity contribution in [1.29, 1.82) is 0 Å². The lowest BCUT2D eigenvalue weighted by atomic mass is 10.2. The lowest BCUT2D eigenvalue weighted by Crippen LogP contribution is -2.31. The van der Waals surface area contributed by atoms with Crippen molar-refractivity contribution in [3.05, 3.63) is 29.8 Å². The van der Waals surface area contributed by atoms with Crippen LogP contribution in [-0.2, 0) is 23.8 Å². The summed E-state index contributed by atoms with van der Waals surface area (Å²) in [5, 5.41) is 0. The third-order valence-corrected chi connectivity index (χ3v) is 3.84. The van der Waals surface area contributed by atoms with Crippen LogP contribution < -0.4 is 0 Å². The van der Waals surface area contributed by atoms with Crippen LogP contribution in [0.5, 0.6) is 0 Å². The summed E-state index contributed by atoms with van der Waals surface area (Å²) in [4.78, 5) is 0.117. The molecule has 0 saturated carbocycles. The zero-order chi connectivity index (χ0) is 13.8. The standard InChI is InChI=1S/C12H18O5S/c1-9-5-7-11(8-6-9)18(13,14)17-10(2)12(15-3)16-4/h5-8,10,12H,1-4H3. The molecule has 0 fully saturated rings. The Balaban J connectivity index is 2.85. The molecule has 0 aromatic heterocycles. The molecule has 6 heteroatoms. The number of aryl methyl sites for hydroxylation is 1. The monoisotopic (exact) mass is 274 g/mol. The molecular formula is C12H18O5S. The highest BCUT2D eigenvalue weighted by Gasteiger charge is 2.25. The minimum atomic E-state index is -3.80. The number of hydrogen-bond acceptors (Lipinski definition) is 5. The van der Waals surface area contributed by atoms with Crippen LogP contribution in [0.4, 0.5) is 0 Å². The van der Waals surface area contributed by atoms with Gasteiger partial charge in [0, 0.05) is 14.2 Å². The first-order chi connectivity index (χ1) is 8.40. The summed E-state index contributed by atoms with van der Waals surface area (Å²) < 4.78 is 38.8. The molecule has 0 aliphatic carbocycles. The average Bonchev–Trinajstić information content (AvgIpc) is 2.30. The van der Waals surface area contributed by atoms with Crippen molar-refractivity contribution in [1.82, 2.24) is 0 Å². The SMILES string of the molecule is COC(OC)C(C)OS(=O)(=O)c1ccc(C)cc1. The lowest BCUT2D eigenvalue weighted by Gasteiger charge is -2.20. The van der Waals surface area contributed by atoms with Gasteiger partial charge in [-0.05, 0) is 26.0 Å². The highest BCUT2D eigenvalue weighted by Crippen LogP contribution is 2.17. The van der Waals surface area contributed by atoms with Gasteiger partial charge in [-0.3, -0.25) is 4.18 Å². The van der Waals surface area contributed by atoms with Crippen LogP contribution in [0.3, 0.4) is 0 Å². The molecule has 0 N–H and O–H groups in total. The second-order valence-corrected chi connectivity index (χ2v) is 5.48. The van der Waals surface area contributed by atoms with E-state index in [1.807, 2.05) is 6.92 Å². The van der Waals surface area contributed by atoms with Crippen LogP contribution in [0, 0.1) is 6.92 Å². The quantitative estimate of drug-likeness (QED) is 0.583. The maximum atomic E-state index is 12.0. The van der Waals surface area contributed by atoms with E-state index in [0.717, 1.165) is 5.56 Å². The van der Waals surface area contributed by atoms with Crippen LogP contribution in [0.15, 0.2) is 29.2 Å². The summed E-state index contributed by atoms with van der Waals surface area (Å²) in [6, 6.07) is 6.44. The van der Waals surface area contributed by atoms with Crippen molar-refractivity contribution in [2.45, 2.75) is 31.1 Å². The molecule has 0 spiro atoms. The molecule has 0 amide bonds. The van der Waals surface area contributed by atoms with Gasteiger partial charge in [0.2, 0.25) is 0 Å². The Kier molecular flexibility index (Phi) is 5.28. The summed E-state index contributed by atoms with van der Waals surface area (Å²) in [6.07, 6.45) is -1.46. The van der Waals surface area contributed by atoms with Gasteiger partial charge >= 0.3 is 0 Å². The second-order valence-electron chi connectivity index (χ2n) is 3.91. The first kappa shape index (κ1) is 15.1.